The monoisotopic (exact) mass is 332 g/mol. The molecule has 2 aromatic heterocycles. The Labute approximate surface area is 135 Å². The van der Waals surface area contributed by atoms with E-state index in [1.807, 2.05) is 6.07 Å². The molecule has 0 aliphatic rings. The van der Waals surface area contributed by atoms with Gasteiger partial charge in [-0.25, -0.2) is 9.78 Å². The highest BCUT2D eigenvalue weighted by molar-refractivity contribution is 6.30. The minimum Gasteiger partial charge on any atom is -0.476 e. The number of hydrogen-bond acceptors (Lipinski definition) is 5. The third-order valence-electron chi connectivity index (χ3n) is 3.20. The minimum atomic E-state index is -0.589. The van der Waals surface area contributed by atoms with Crippen molar-refractivity contribution in [3.63, 3.8) is 0 Å². The van der Waals surface area contributed by atoms with E-state index in [1.165, 1.54) is 10.6 Å². The molecule has 0 atom stereocenters. The average Bonchev–Trinajstić information content (AvgIpc) is 2.53. The smallest absolute Gasteiger partial charge is 0.333 e. The number of fused-ring (bicyclic) bond motifs is 1. The van der Waals surface area contributed by atoms with E-state index >= 15 is 0 Å². The number of benzene rings is 1. The number of aromatic nitrogens is 3. The normalized spacial score (nSPS) is 10.9. The topological polar surface area (TPSA) is 103 Å². The number of rotatable bonds is 4. The molecule has 2 heterocycles. The van der Waals surface area contributed by atoms with Crippen molar-refractivity contribution >= 4 is 22.5 Å². The van der Waals surface area contributed by atoms with Crippen LogP contribution in [-0.2, 0) is 0 Å². The Hall–Kier alpha value is -2.64. The fourth-order valence-corrected chi connectivity index (χ4v) is 2.47. The Morgan fingerprint density at radius 3 is 2.70 bits per heavy atom. The van der Waals surface area contributed by atoms with Crippen LogP contribution in [0.15, 0.2) is 46.0 Å². The third-order valence-corrected chi connectivity index (χ3v) is 3.39. The quantitative estimate of drug-likeness (QED) is 0.695. The van der Waals surface area contributed by atoms with Crippen molar-refractivity contribution in [1.29, 1.82) is 0 Å². The molecule has 7 nitrogen and oxygen atoms in total. The molecule has 0 fully saturated rings. The molecule has 1 aromatic carbocycles. The van der Waals surface area contributed by atoms with Crippen LogP contribution < -0.4 is 21.7 Å². The highest BCUT2D eigenvalue weighted by Crippen LogP contribution is 2.24. The van der Waals surface area contributed by atoms with Crippen molar-refractivity contribution < 1.29 is 4.74 Å². The van der Waals surface area contributed by atoms with Crippen LogP contribution in [-0.4, -0.2) is 27.7 Å². The van der Waals surface area contributed by atoms with Crippen molar-refractivity contribution in [3.8, 4) is 11.6 Å². The van der Waals surface area contributed by atoms with E-state index in [2.05, 4.69) is 9.97 Å². The van der Waals surface area contributed by atoms with Crippen LogP contribution in [0.1, 0.15) is 0 Å². The Morgan fingerprint density at radius 2 is 2.00 bits per heavy atom. The lowest BCUT2D eigenvalue weighted by Gasteiger charge is -2.12. The first-order valence-corrected chi connectivity index (χ1v) is 7.23. The predicted octanol–water partition coefficient (Wildman–Crippen LogP) is 1.06. The van der Waals surface area contributed by atoms with Gasteiger partial charge in [-0.1, -0.05) is 29.8 Å². The number of nitrogens with two attached hydrogens (primary N) is 1. The lowest BCUT2D eigenvalue weighted by Crippen LogP contribution is -2.30. The van der Waals surface area contributed by atoms with E-state index in [0.29, 0.717) is 11.2 Å². The van der Waals surface area contributed by atoms with Gasteiger partial charge in [0.05, 0.1) is 11.2 Å². The standard InChI is InChI=1S/C15H13ClN4O3/c16-11-8-10-12(14(18-11)23-7-6-17)13(21)19-15(22)20(10)9-4-2-1-3-5-9/h1-5,8H,6-7,17H2,(H,19,21,22). The molecule has 0 spiro atoms. The van der Waals surface area contributed by atoms with Crippen LogP contribution in [0.2, 0.25) is 5.15 Å². The Kier molecular flexibility index (Phi) is 4.14. The summed E-state index contributed by atoms with van der Waals surface area (Å²) in [4.78, 5) is 30.8. The zero-order valence-electron chi connectivity index (χ0n) is 12.0. The molecular weight excluding hydrogens is 320 g/mol. The van der Waals surface area contributed by atoms with Crippen molar-refractivity contribution in [2.75, 3.05) is 13.2 Å². The summed E-state index contributed by atoms with van der Waals surface area (Å²) in [7, 11) is 0. The fourth-order valence-electron chi connectivity index (χ4n) is 2.29. The van der Waals surface area contributed by atoms with Gasteiger partial charge in [0.1, 0.15) is 17.1 Å². The van der Waals surface area contributed by atoms with E-state index < -0.39 is 11.2 Å². The average molecular weight is 333 g/mol. The molecule has 0 aliphatic carbocycles. The summed E-state index contributed by atoms with van der Waals surface area (Å²) < 4.78 is 6.75. The van der Waals surface area contributed by atoms with Crippen molar-refractivity contribution in [1.82, 2.24) is 14.5 Å². The Balaban J connectivity index is 2.40. The lowest BCUT2D eigenvalue weighted by atomic mass is 10.2. The van der Waals surface area contributed by atoms with E-state index in [1.54, 1.807) is 24.3 Å². The minimum absolute atomic E-state index is 0.0453. The van der Waals surface area contributed by atoms with Crippen LogP contribution in [0.4, 0.5) is 0 Å². The second-order valence-electron chi connectivity index (χ2n) is 4.71. The number of hydrogen-bond donors (Lipinski definition) is 2. The lowest BCUT2D eigenvalue weighted by molar-refractivity contribution is 0.319. The van der Waals surface area contributed by atoms with Crippen molar-refractivity contribution in [3.05, 3.63) is 62.4 Å². The molecule has 3 rings (SSSR count). The van der Waals surface area contributed by atoms with Gasteiger partial charge in [0.25, 0.3) is 5.56 Å². The van der Waals surface area contributed by atoms with Gasteiger partial charge in [0.2, 0.25) is 5.88 Å². The largest absolute Gasteiger partial charge is 0.476 e. The highest BCUT2D eigenvalue weighted by atomic mass is 35.5. The van der Waals surface area contributed by atoms with Gasteiger partial charge < -0.3 is 10.5 Å². The second-order valence-corrected chi connectivity index (χ2v) is 5.10. The number of halogens is 1. The van der Waals surface area contributed by atoms with E-state index in [4.69, 9.17) is 22.1 Å². The summed E-state index contributed by atoms with van der Waals surface area (Å²) in [5.74, 6) is 0.0453. The molecule has 23 heavy (non-hydrogen) atoms. The molecule has 0 aliphatic heterocycles. The molecule has 3 aromatic rings. The van der Waals surface area contributed by atoms with E-state index in [9.17, 15) is 9.59 Å². The molecular formula is C15H13ClN4O3. The molecule has 0 radical (unpaired) electrons. The number of para-hydroxylation sites is 1. The molecule has 0 amide bonds. The zero-order valence-corrected chi connectivity index (χ0v) is 12.7. The SMILES string of the molecule is NCCOc1nc(Cl)cc2c1c(=O)[nH]c(=O)n2-c1ccccc1. The maximum Gasteiger partial charge on any atom is 0.333 e. The maximum atomic E-state index is 12.3. The van der Waals surface area contributed by atoms with E-state index in [-0.39, 0.29) is 29.6 Å². The van der Waals surface area contributed by atoms with Gasteiger partial charge in [-0.2, -0.15) is 0 Å². The predicted molar refractivity (Wildman–Crippen MR) is 87.5 cm³/mol. The van der Waals surface area contributed by atoms with Gasteiger partial charge in [-0.05, 0) is 12.1 Å². The van der Waals surface area contributed by atoms with Crippen molar-refractivity contribution in [2.24, 2.45) is 5.73 Å². The number of nitrogens with one attached hydrogen (secondary N) is 1. The Morgan fingerprint density at radius 1 is 1.26 bits per heavy atom. The van der Waals surface area contributed by atoms with Crippen LogP contribution in [0, 0.1) is 0 Å². The molecule has 8 heteroatoms. The van der Waals surface area contributed by atoms with Gasteiger partial charge in [0.15, 0.2) is 0 Å². The van der Waals surface area contributed by atoms with Gasteiger partial charge in [-0.3, -0.25) is 14.3 Å². The number of nitrogens with zero attached hydrogens (tertiary/aromatic N) is 2. The molecule has 3 N–H and O–H groups in total. The number of ether oxygens (including phenoxy) is 1. The van der Waals surface area contributed by atoms with Gasteiger partial charge in [-0.15, -0.1) is 0 Å². The number of H-pyrrole nitrogens is 1. The van der Waals surface area contributed by atoms with Gasteiger partial charge in [0, 0.05) is 12.6 Å². The number of aromatic amines is 1. The van der Waals surface area contributed by atoms with Gasteiger partial charge >= 0.3 is 5.69 Å². The van der Waals surface area contributed by atoms with Crippen LogP contribution >= 0.6 is 11.6 Å². The molecule has 0 bridgehead atoms. The summed E-state index contributed by atoms with van der Waals surface area (Å²) in [6, 6.07) is 10.3. The van der Waals surface area contributed by atoms with E-state index in [0.717, 1.165) is 0 Å². The summed E-state index contributed by atoms with van der Waals surface area (Å²) >= 11 is 6.02. The molecule has 0 unspecified atom stereocenters. The summed E-state index contributed by atoms with van der Waals surface area (Å²) in [6.45, 7) is 0.429. The molecule has 0 saturated heterocycles. The van der Waals surface area contributed by atoms with Crippen LogP contribution in [0.5, 0.6) is 5.88 Å². The highest BCUT2D eigenvalue weighted by Gasteiger charge is 2.16. The second kappa shape index (κ2) is 6.23. The van der Waals surface area contributed by atoms with Crippen LogP contribution in [0.25, 0.3) is 16.6 Å². The fraction of sp³-hybridized carbons (Fsp3) is 0.133. The first kappa shape index (κ1) is 15.3. The maximum absolute atomic E-state index is 12.3. The van der Waals surface area contributed by atoms with Crippen LogP contribution in [0.3, 0.4) is 0 Å². The summed E-state index contributed by atoms with van der Waals surface area (Å²) in [6.07, 6.45) is 0. The third kappa shape index (κ3) is 2.84. The summed E-state index contributed by atoms with van der Waals surface area (Å²) in [5.41, 5.74) is 5.16. The first-order chi connectivity index (χ1) is 11.1. The molecule has 118 valence electrons. The first-order valence-electron chi connectivity index (χ1n) is 6.85. The molecule has 0 saturated carbocycles. The van der Waals surface area contributed by atoms with Crippen molar-refractivity contribution in [2.45, 2.75) is 0 Å². The Bertz CT molecular complexity index is 966. The number of pyridine rings is 1. The summed E-state index contributed by atoms with van der Waals surface area (Å²) in [5, 5.41) is 0.255. The zero-order chi connectivity index (χ0) is 16.4.